The topological polar surface area (TPSA) is 60.0 Å². The minimum atomic E-state index is -0.140. The van der Waals surface area contributed by atoms with E-state index in [0.29, 0.717) is 30.2 Å². The fraction of sp³-hybridized carbons (Fsp3) is 0.269. The predicted octanol–water partition coefficient (Wildman–Crippen LogP) is 5.04. The number of carbonyl (C=O) groups is 1. The van der Waals surface area contributed by atoms with Crippen LogP contribution in [0, 0.1) is 0 Å². The molecular weight excluding hydrogens is 484 g/mol. The van der Waals surface area contributed by atoms with Crippen molar-refractivity contribution in [3.63, 3.8) is 0 Å². The SMILES string of the molecule is COc1ccc(CNC(=O)c2ccc(COc3ccc(Br)cc3CN(C)C)cc2)cc1OC. The zero-order valence-corrected chi connectivity index (χ0v) is 20.9. The van der Waals surface area contributed by atoms with Gasteiger partial charge in [0.1, 0.15) is 12.4 Å². The van der Waals surface area contributed by atoms with E-state index in [-0.39, 0.29) is 5.91 Å². The Morgan fingerprint density at radius 3 is 2.21 bits per heavy atom. The summed E-state index contributed by atoms with van der Waals surface area (Å²) in [7, 11) is 7.24. The van der Waals surface area contributed by atoms with Gasteiger partial charge in [0.2, 0.25) is 0 Å². The summed E-state index contributed by atoms with van der Waals surface area (Å²) in [6.45, 7) is 1.60. The van der Waals surface area contributed by atoms with Gasteiger partial charge < -0.3 is 24.4 Å². The second-order valence-electron chi connectivity index (χ2n) is 7.85. The third-order valence-electron chi connectivity index (χ3n) is 5.02. The van der Waals surface area contributed by atoms with Crippen molar-refractivity contribution in [1.82, 2.24) is 10.2 Å². The molecule has 0 aliphatic heterocycles. The summed E-state index contributed by atoms with van der Waals surface area (Å²) in [6.07, 6.45) is 0. The van der Waals surface area contributed by atoms with Crippen molar-refractivity contribution in [1.29, 1.82) is 0 Å². The third kappa shape index (κ3) is 6.97. The van der Waals surface area contributed by atoms with Crippen LogP contribution >= 0.6 is 15.9 Å². The van der Waals surface area contributed by atoms with Crippen LogP contribution < -0.4 is 19.5 Å². The maximum atomic E-state index is 12.6. The number of benzene rings is 3. The fourth-order valence-corrected chi connectivity index (χ4v) is 3.75. The van der Waals surface area contributed by atoms with E-state index < -0.39 is 0 Å². The summed E-state index contributed by atoms with van der Waals surface area (Å²) in [4.78, 5) is 14.7. The first-order chi connectivity index (χ1) is 15.9. The molecule has 0 aliphatic rings. The number of nitrogens with one attached hydrogen (secondary N) is 1. The number of nitrogens with zero attached hydrogens (tertiary/aromatic N) is 1. The zero-order chi connectivity index (χ0) is 23.8. The predicted molar refractivity (Wildman–Crippen MR) is 133 cm³/mol. The Balaban J connectivity index is 1.57. The number of methoxy groups -OCH3 is 2. The lowest BCUT2D eigenvalue weighted by atomic mass is 10.1. The van der Waals surface area contributed by atoms with Gasteiger partial charge in [-0.15, -0.1) is 0 Å². The van der Waals surface area contributed by atoms with Crippen molar-refractivity contribution in [3.8, 4) is 17.2 Å². The van der Waals surface area contributed by atoms with Gasteiger partial charge in [-0.2, -0.15) is 0 Å². The highest BCUT2D eigenvalue weighted by atomic mass is 79.9. The summed E-state index contributed by atoms with van der Waals surface area (Å²) in [6, 6.07) is 19.0. The maximum absolute atomic E-state index is 12.6. The van der Waals surface area contributed by atoms with E-state index in [2.05, 4.69) is 32.2 Å². The number of hydrogen-bond donors (Lipinski definition) is 1. The van der Waals surface area contributed by atoms with Crippen LogP contribution in [0.4, 0.5) is 0 Å². The summed E-state index contributed by atoms with van der Waals surface area (Å²) in [5.41, 5.74) is 3.62. The fourth-order valence-electron chi connectivity index (χ4n) is 3.34. The van der Waals surface area contributed by atoms with Crippen molar-refractivity contribution in [2.75, 3.05) is 28.3 Å². The Morgan fingerprint density at radius 2 is 1.55 bits per heavy atom. The molecule has 0 bridgehead atoms. The van der Waals surface area contributed by atoms with Crippen LogP contribution in [0.25, 0.3) is 0 Å². The molecule has 0 atom stereocenters. The second kappa shape index (κ2) is 11.7. The molecule has 6 nitrogen and oxygen atoms in total. The molecule has 0 unspecified atom stereocenters. The molecule has 0 spiro atoms. The molecule has 0 saturated heterocycles. The van der Waals surface area contributed by atoms with Gasteiger partial charge in [0.15, 0.2) is 11.5 Å². The van der Waals surface area contributed by atoms with E-state index in [1.807, 2.05) is 68.7 Å². The van der Waals surface area contributed by atoms with E-state index in [0.717, 1.165) is 33.5 Å². The summed E-state index contributed by atoms with van der Waals surface area (Å²) in [5.74, 6) is 2.00. The Bertz CT molecular complexity index is 1080. The lowest BCUT2D eigenvalue weighted by Gasteiger charge is -2.15. The zero-order valence-electron chi connectivity index (χ0n) is 19.4. The van der Waals surface area contributed by atoms with E-state index >= 15 is 0 Å². The Hall–Kier alpha value is -3.03. The van der Waals surface area contributed by atoms with Gasteiger partial charge in [0.25, 0.3) is 5.91 Å². The summed E-state index contributed by atoms with van der Waals surface area (Å²) < 4.78 is 17.6. The second-order valence-corrected chi connectivity index (χ2v) is 8.76. The average molecular weight is 513 g/mol. The molecule has 1 amide bonds. The normalized spacial score (nSPS) is 10.7. The van der Waals surface area contributed by atoms with Gasteiger partial charge >= 0.3 is 0 Å². The monoisotopic (exact) mass is 512 g/mol. The van der Waals surface area contributed by atoms with Crippen LogP contribution in [0.3, 0.4) is 0 Å². The number of hydrogen-bond acceptors (Lipinski definition) is 5. The van der Waals surface area contributed by atoms with Crippen molar-refractivity contribution in [2.45, 2.75) is 19.7 Å². The van der Waals surface area contributed by atoms with Gasteiger partial charge in [-0.05, 0) is 67.7 Å². The minimum absolute atomic E-state index is 0.140. The Labute approximate surface area is 203 Å². The first kappa shape index (κ1) is 24.6. The molecular formula is C26H29BrN2O4. The minimum Gasteiger partial charge on any atom is -0.493 e. The number of halogens is 1. The van der Waals surface area contributed by atoms with Crippen molar-refractivity contribution in [2.24, 2.45) is 0 Å². The van der Waals surface area contributed by atoms with Crippen molar-refractivity contribution >= 4 is 21.8 Å². The summed E-state index contributed by atoms with van der Waals surface area (Å²) in [5, 5.41) is 2.94. The first-order valence-corrected chi connectivity index (χ1v) is 11.3. The molecule has 0 heterocycles. The highest BCUT2D eigenvalue weighted by molar-refractivity contribution is 9.10. The van der Waals surface area contributed by atoms with Gasteiger partial charge in [-0.25, -0.2) is 0 Å². The average Bonchev–Trinajstić information content (AvgIpc) is 2.81. The highest BCUT2D eigenvalue weighted by Crippen LogP contribution is 2.27. The molecule has 3 rings (SSSR count). The molecule has 33 heavy (non-hydrogen) atoms. The molecule has 0 aliphatic carbocycles. The number of ether oxygens (including phenoxy) is 3. The van der Waals surface area contributed by atoms with Gasteiger partial charge in [0.05, 0.1) is 14.2 Å². The number of amides is 1. The smallest absolute Gasteiger partial charge is 0.251 e. The van der Waals surface area contributed by atoms with E-state index in [1.165, 1.54) is 0 Å². The molecule has 7 heteroatoms. The lowest BCUT2D eigenvalue weighted by molar-refractivity contribution is 0.0951. The van der Waals surface area contributed by atoms with Crippen LogP contribution in [0.2, 0.25) is 0 Å². The lowest BCUT2D eigenvalue weighted by Crippen LogP contribution is -2.22. The summed E-state index contributed by atoms with van der Waals surface area (Å²) >= 11 is 3.52. The molecule has 1 N–H and O–H groups in total. The molecule has 3 aromatic rings. The van der Waals surface area contributed by atoms with Crippen LogP contribution in [0.1, 0.15) is 27.0 Å². The van der Waals surface area contributed by atoms with Crippen molar-refractivity contribution in [3.05, 3.63) is 87.4 Å². The molecule has 0 radical (unpaired) electrons. The molecule has 0 aromatic heterocycles. The molecule has 3 aromatic carbocycles. The number of carbonyl (C=O) groups excluding carboxylic acids is 1. The Morgan fingerprint density at radius 1 is 0.879 bits per heavy atom. The van der Waals surface area contributed by atoms with Crippen LogP contribution in [-0.4, -0.2) is 39.1 Å². The van der Waals surface area contributed by atoms with Crippen molar-refractivity contribution < 1.29 is 19.0 Å². The van der Waals surface area contributed by atoms with Gasteiger partial charge in [-0.1, -0.05) is 34.1 Å². The van der Waals surface area contributed by atoms with Gasteiger partial charge in [-0.3, -0.25) is 4.79 Å². The van der Waals surface area contributed by atoms with E-state index in [9.17, 15) is 4.79 Å². The molecule has 174 valence electrons. The largest absolute Gasteiger partial charge is 0.493 e. The van der Waals surface area contributed by atoms with Crippen LogP contribution in [-0.2, 0) is 19.7 Å². The highest BCUT2D eigenvalue weighted by Gasteiger charge is 2.10. The molecule has 0 saturated carbocycles. The van der Waals surface area contributed by atoms with Crippen LogP contribution in [0.5, 0.6) is 17.2 Å². The Kier molecular flexibility index (Phi) is 8.74. The van der Waals surface area contributed by atoms with E-state index in [4.69, 9.17) is 14.2 Å². The number of rotatable bonds is 10. The first-order valence-electron chi connectivity index (χ1n) is 10.5. The quantitative estimate of drug-likeness (QED) is 0.412. The third-order valence-corrected chi connectivity index (χ3v) is 5.51. The standard InChI is InChI=1S/C26H29BrN2O4/c1-29(2)16-21-14-22(27)10-12-23(21)33-17-18-5-8-20(9-6-18)26(30)28-15-19-7-11-24(31-3)25(13-19)32-4/h5-14H,15-17H2,1-4H3,(H,28,30). The maximum Gasteiger partial charge on any atom is 0.251 e. The van der Waals surface area contributed by atoms with Crippen LogP contribution in [0.15, 0.2) is 65.1 Å². The van der Waals surface area contributed by atoms with Gasteiger partial charge in [0, 0.05) is 28.7 Å². The van der Waals surface area contributed by atoms with E-state index in [1.54, 1.807) is 14.2 Å². The molecule has 0 fully saturated rings.